The van der Waals surface area contributed by atoms with E-state index in [-0.39, 0.29) is 29.9 Å². The van der Waals surface area contributed by atoms with Crippen molar-refractivity contribution in [2.75, 3.05) is 7.11 Å². The second-order valence-electron chi connectivity index (χ2n) is 3.61. The summed E-state index contributed by atoms with van der Waals surface area (Å²) < 4.78 is 9.71. The molecule has 2 aliphatic rings. The van der Waals surface area contributed by atoms with Gasteiger partial charge in [-0.1, -0.05) is 0 Å². The number of ether oxygens (including phenoxy) is 2. The summed E-state index contributed by atoms with van der Waals surface area (Å²) in [7, 11) is 1.36. The molecule has 0 radical (unpaired) electrons. The molecule has 1 aliphatic carbocycles. The van der Waals surface area contributed by atoms with Crippen molar-refractivity contribution in [2.45, 2.75) is 25.4 Å². The summed E-state index contributed by atoms with van der Waals surface area (Å²) in [5.74, 6) is -1.01. The molecule has 0 aromatic rings. The zero-order chi connectivity index (χ0) is 9.42. The second-order valence-corrected chi connectivity index (χ2v) is 3.61. The summed E-state index contributed by atoms with van der Waals surface area (Å²) in [6, 6.07) is 0. The van der Waals surface area contributed by atoms with E-state index in [1.54, 1.807) is 0 Å². The maximum Gasteiger partial charge on any atom is 0.310 e. The fourth-order valence-corrected chi connectivity index (χ4v) is 2.18. The van der Waals surface area contributed by atoms with Gasteiger partial charge in [-0.3, -0.25) is 9.59 Å². The molecule has 1 saturated heterocycles. The Balaban J connectivity index is 2.13. The van der Waals surface area contributed by atoms with Gasteiger partial charge < -0.3 is 9.47 Å². The molecule has 1 saturated carbocycles. The molecule has 1 heterocycles. The predicted octanol–water partition coefficient (Wildman–Crippen LogP) is 0.501. The molecule has 0 unspecified atom stereocenters. The number of hydrogen-bond donors (Lipinski definition) is 0. The minimum absolute atomic E-state index is 0.0541. The Morgan fingerprint density at radius 2 is 2.31 bits per heavy atom. The monoisotopic (exact) mass is 184 g/mol. The Morgan fingerprint density at radius 3 is 3.00 bits per heavy atom. The summed E-state index contributed by atoms with van der Waals surface area (Å²) in [4.78, 5) is 22.5. The molecular formula is C9H12O4. The lowest BCUT2D eigenvalue weighted by Gasteiger charge is -2.21. The predicted molar refractivity (Wildman–Crippen MR) is 42.7 cm³/mol. The molecule has 0 spiro atoms. The Morgan fingerprint density at radius 1 is 1.54 bits per heavy atom. The quantitative estimate of drug-likeness (QED) is 0.557. The highest BCUT2D eigenvalue weighted by Gasteiger charge is 2.47. The molecule has 0 amide bonds. The highest BCUT2D eigenvalue weighted by atomic mass is 16.6. The molecule has 0 aromatic heterocycles. The van der Waals surface area contributed by atoms with E-state index in [1.165, 1.54) is 7.11 Å². The van der Waals surface area contributed by atoms with Crippen LogP contribution < -0.4 is 0 Å². The second kappa shape index (κ2) is 3.01. The van der Waals surface area contributed by atoms with Crippen LogP contribution in [0.15, 0.2) is 0 Å². The molecular weight excluding hydrogens is 172 g/mol. The van der Waals surface area contributed by atoms with Gasteiger partial charge in [0.15, 0.2) is 0 Å². The normalized spacial score (nSPS) is 37.0. The number of carbonyl (C=O) groups excluding carboxylic acids is 2. The van der Waals surface area contributed by atoms with Gasteiger partial charge in [-0.05, 0) is 19.3 Å². The first kappa shape index (κ1) is 8.53. The summed E-state index contributed by atoms with van der Waals surface area (Å²) in [5.41, 5.74) is 0. The number of rotatable bonds is 1. The molecule has 0 N–H and O–H groups in total. The zero-order valence-electron chi connectivity index (χ0n) is 7.49. The highest BCUT2D eigenvalue weighted by molar-refractivity contribution is 5.83. The minimum atomic E-state index is -0.276. The average molecular weight is 184 g/mol. The van der Waals surface area contributed by atoms with Crippen LogP contribution in [0.5, 0.6) is 0 Å². The summed E-state index contributed by atoms with van der Waals surface area (Å²) >= 11 is 0. The smallest absolute Gasteiger partial charge is 0.310 e. The fraction of sp³-hybridized carbons (Fsp3) is 0.778. The number of fused-ring (bicyclic) bond motifs is 2. The van der Waals surface area contributed by atoms with Gasteiger partial charge in [0.05, 0.1) is 18.9 Å². The van der Waals surface area contributed by atoms with Crippen LogP contribution in [0.1, 0.15) is 19.3 Å². The maximum absolute atomic E-state index is 11.3. The van der Waals surface area contributed by atoms with Crippen molar-refractivity contribution in [3.05, 3.63) is 0 Å². The van der Waals surface area contributed by atoms with Crippen LogP contribution in [0.3, 0.4) is 0 Å². The van der Waals surface area contributed by atoms with E-state index in [9.17, 15) is 9.59 Å². The van der Waals surface area contributed by atoms with E-state index >= 15 is 0 Å². The largest absolute Gasteiger partial charge is 0.469 e. The number of methoxy groups -OCH3 is 1. The first-order valence-corrected chi connectivity index (χ1v) is 4.50. The van der Waals surface area contributed by atoms with Crippen LogP contribution in [0.2, 0.25) is 0 Å². The SMILES string of the molecule is COC(=O)[C@@H]1CC[C@H]2C[C@@H]1C(=O)O2. The molecule has 72 valence electrons. The van der Waals surface area contributed by atoms with Crippen LogP contribution >= 0.6 is 0 Å². The van der Waals surface area contributed by atoms with Crippen molar-refractivity contribution in [3.63, 3.8) is 0 Å². The maximum atomic E-state index is 11.3. The Labute approximate surface area is 76.2 Å². The third-order valence-corrected chi connectivity index (χ3v) is 2.89. The van der Waals surface area contributed by atoms with E-state index < -0.39 is 0 Å². The fourth-order valence-electron chi connectivity index (χ4n) is 2.18. The standard InChI is InChI=1S/C9H12O4/c1-12-8(10)6-3-2-5-4-7(6)9(11)13-5/h5-7H,2-4H2,1H3/t5-,6+,7-/m0/s1. The van der Waals surface area contributed by atoms with Crippen LogP contribution in [0.4, 0.5) is 0 Å². The van der Waals surface area contributed by atoms with Gasteiger partial charge in [-0.15, -0.1) is 0 Å². The first-order valence-electron chi connectivity index (χ1n) is 4.50. The lowest BCUT2D eigenvalue weighted by atomic mass is 9.80. The number of carbonyl (C=O) groups is 2. The Hall–Kier alpha value is -1.06. The molecule has 2 bridgehead atoms. The van der Waals surface area contributed by atoms with Crippen molar-refractivity contribution in [1.29, 1.82) is 0 Å². The number of hydrogen-bond acceptors (Lipinski definition) is 4. The van der Waals surface area contributed by atoms with Crippen molar-refractivity contribution in [3.8, 4) is 0 Å². The lowest BCUT2D eigenvalue weighted by molar-refractivity contribution is -0.153. The van der Waals surface area contributed by atoms with Gasteiger partial charge in [-0.25, -0.2) is 0 Å². The third kappa shape index (κ3) is 1.30. The number of esters is 2. The van der Waals surface area contributed by atoms with E-state index in [2.05, 4.69) is 4.74 Å². The lowest BCUT2D eigenvalue weighted by Crippen LogP contribution is -2.30. The van der Waals surface area contributed by atoms with Gasteiger partial charge in [0, 0.05) is 0 Å². The van der Waals surface area contributed by atoms with Crippen LogP contribution in [-0.2, 0) is 19.1 Å². The molecule has 4 nitrogen and oxygen atoms in total. The summed E-state index contributed by atoms with van der Waals surface area (Å²) in [5, 5.41) is 0. The van der Waals surface area contributed by atoms with Crippen LogP contribution in [-0.4, -0.2) is 25.2 Å². The van der Waals surface area contributed by atoms with Gasteiger partial charge in [0.1, 0.15) is 6.10 Å². The zero-order valence-corrected chi connectivity index (χ0v) is 7.49. The van der Waals surface area contributed by atoms with Gasteiger partial charge >= 0.3 is 11.9 Å². The van der Waals surface area contributed by atoms with E-state index in [0.717, 1.165) is 6.42 Å². The van der Waals surface area contributed by atoms with Crippen molar-refractivity contribution in [1.82, 2.24) is 0 Å². The van der Waals surface area contributed by atoms with Crippen LogP contribution in [0, 0.1) is 11.8 Å². The topological polar surface area (TPSA) is 52.6 Å². The molecule has 2 fully saturated rings. The summed E-state index contributed by atoms with van der Waals surface area (Å²) in [6.07, 6.45) is 2.26. The minimum Gasteiger partial charge on any atom is -0.469 e. The Kier molecular flexibility index (Phi) is 1.98. The molecule has 13 heavy (non-hydrogen) atoms. The van der Waals surface area contributed by atoms with Crippen molar-refractivity contribution < 1.29 is 19.1 Å². The molecule has 3 atom stereocenters. The van der Waals surface area contributed by atoms with Crippen molar-refractivity contribution >= 4 is 11.9 Å². The van der Waals surface area contributed by atoms with Gasteiger partial charge in [-0.2, -0.15) is 0 Å². The van der Waals surface area contributed by atoms with E-state index in [4.69, 9.17) is 4.74 Å². The highest BCUT2D eigenvalue weighted by Crippen LogP contribution is 2.38. The van der Waals surface area contributed by atoms with Gasteiger partial charge in [0.2, 0.25) is 0 Å². The summed E-state index contributed by atoms with van der Waals surface area (Å²) in [6.45, 7) is 0. The van der Waals surface area contributed by atoms with Gasteiger partial charge in [0.25, 0.3) is 0 Å². The third-order valence-electron chi connectivity index (χ3n) is 2.89. The molecule has 4 heteroatoms. The van der Waals surface area contributed by atoms with Crippen LogP contribution in [0.25, 0.3) is 0 Å². The molecule has 1 aliphatic heterocycles. The Bertz CT molecular complexity index is 248. The average Bonchev–Trinajstić information content (AvgIpc) is 2.42. The van der Waals surface area contributed by atoms with E-state index in [0.29, 0.717) is 12.8 Å². The van der Waals surface area contributed by atoms with Crippen molar-refractivity contribution in [2.24, 2.45) is 11.8 Å². The molecule has 0 aromatic carbocycles. The van der Waals surface area contributed by atoms with E-state index in [1.807, 2.05) is 0 Å². The molecule has 2 rings (SSSR count). The first-order chi connectivity index (χ1) is 6.22.